The molecule has 6 nitrogen and oxygen atoms in total. The molecule has 0 amide bonds. The van der Waals surface area contributed by atoms with Crippen LogP contribution in [0.4, 0.5) is 17.2 Å². The van der Waals surface area contributed by atoms with E-state index >= 15 is 0 Å². The first-order chi connectivity index (χ1) is 9.42. The number of hydrogen-bond acceptors (Lipinski definition) is 6. The third-order valence-corrected chi connectivity index (χ3v) is 4.49. The summed E-state index contributed by atoms with van der Waals surface area (Å²) in [7, 11) is -3.33. The van der Waals surface area contributed by atoms with Crippen molar-refractivity contribution in [3.05, 3.63) is 36.5 Å². The van der Waals surface area contributed by atoms with E-state index in [9.17, 15) is 13.5 Å². The Hall–Kier alpha value is -2.28. The van der Waals surface area contributed by atoms with Crippen LogP contribution in [0.25, 0.3) is 0 Å². The average Bonchev–Trinajstić information content (AvgIpc) is 2.43. The highest BCUT2D eigenvalue weighted by Gasteiger charge is 2.14. The zero-order valence-corrected chi connectivity index (χ0v) is 11.7. The van der Waals surface area contributed by atoms with Crippen molar-refractivity contribution in [2.24, 2.45) is 0 Å². The fraction of sp³-hybridized carbons (Fsp3) is 0.154. The number of hydrogen-bond donors (Lipinski definition) is 3. The van der Waals surface area contributed by atoms with E-state index in [4.69, 9.17) is 5.73 Å². The van der Waals surface area contributed by atoms with Crippen molar-refractivity contribution in [2.45, 2.75) is 11.8 Å². The number of pyridine rings is 1. The highest BCUT2D eigenvalue weighted by atomic mass is 32.2. The van der Waals surface area contributed by atoms with Crippen molar-refractivity contribution in [3.8, 4) is 5.75 Å². The maximum atomic E-state index is 11.8. The van der Waals surface area contributed by atoms with Gasteiger partial charge in [-0.15, -0.1) is 0 Å². The molecule has 106 valence electrons. The minimum atomic E-state index is -3.33. The summed E-state index contributed by atoms with van der Waals surface area (Å²) in [5, 5.41) is 12.6. The number of nitrogens with two attached hydrogens (primary N) is 1. The molecule has 1 heterocycles. The molecule has 0 aliphatic rings. The average molecular weight is 293 g/mol. The largest absolute Gasteiger partial charge is 0.506 e. The number of aromatic hydroxyl groups is 1. The monoisotopic (exact) mass is 293 g/mol. The lowest BCUT2D eigenvalue weighted by molar-refractivity contribution is 0.477. The molecule has 0 spiro atoms. The number of aromatic nitrogens is 1. The van der Waals surface area contributed by atoms with Crippen LogP contribution in [0.2, 0.25) is 0 Å². The first kappa shape index (κ1) is 14.1. The molecule has 0 radical (unpaired) electrons. The minimum absolute atomic E-state index is 0.00264. The highest BCUT2D eigenvalue weighted by molar-refractivity contribution is 7.91. The van der Waals surface area contributed by atoms with Crippen LogP contribution >= 0.6 is 0 Å². The number of nitrogens with one attached hydrogen (secondary N) is 1. The summed E-state index contributed by atoms with van der Waals surface area (Å²) in [6, 6.07) is 7.37. The molecule has 2 rings (SSSR count). The van der Waals surface area contributed by atoms with E-state index in [-0.39, 0.29) is 22.1 Å². The van der Waals surface area contributed by atoms with E-state index in [2.05, 4.69) is 10.3 Å². The number of sulfone groups is 1. The maximum Gasteiger partial charge on any atom is 0.178 e. The van der Waals surface area contributed by atoms with Gasteiger partial charge >= 0.3 is 0 Å². The second-order valence-corrected chi connectivity index (χ2v) is 6.46. The summed E-state index contributed by atoms with van der Waals surface area (Å²) in [5.41, 5.74) is 6.32. The Morgan fingerprint density at radius 1 is 1.30 bits per heavy atom. The van der Waals surface area contributed by atoms with Crippen molar-refractivity contribution < 1.29 is 13.5 Å². The zero-order chi connectivity index (χ0) is 14.8. The van der Waals surface area contributed by atoms with Crippen LogP contribution in [-0.2, 0) is 9.84 Å². The van der Waals surface area contributed by atoms with Crippen molar-refractivity contribution in [1.29, 1.82) is 0 Å². The van der Waals surface area contributed by atoms with Crippen LogP contribution in [0.3, 0.4) is 0 Å². The van der Waals surface area contributed by atoms with Crippen molar-refractivity contribution >= 4 is 27.0 Å². The number of nitrogens with zero attached hydrogens (tertiary/aromatic N) is 1. The summed E-state index contributed by atoms with van der Waals surface area (Å²) in [6.45, 7) is 1.57. The molecule has 0 unspecified atom stereocenters. The standard InChI is InChI=1S/C13H15N3O3S/c1-2-20(18,19)10-4-5-12(17)11(7-10)16-13-6-3-9(14)8-15-13/h3-8,17H,2,14H2,1H3,(H,15,16). The molecule has 0 atom stereocenters. The van der Waals surface area contributed by atoms with Gasteiger partial charge in [0.1, 0.15) is 11.6 Å². The zero-order valence-electron chi connectivity index (χ0n) is 10.9. The summed E-state index contributed by atoms with van der Waals surface area (Å²) in [6.07, 6.45) is 1.46. The molecule has 0 saturated heterocycles. The molecule has 0 fully saturated rings. The summed E-state index contributed by atoms with van der Waals surface area (Å²) < 4.78 is 23.6. The van der Waals surface area contributed by atoms with E-state index in [0.29, 0.717) is 11.5 Å². The van der Waals surface area contributed by atoms with Gasteiger partial charge in [0, 0.05) is 0 Å². The van der Waals surface area contributed by atoms with Crippen LogP contribution in [0.5, 0.6) is 5.75 Å². The number of anilines is 3. The van der Waals surface area contributed by atoms with E-state index in [0.717, 1.165) is 0 Å². The smallest absolute Gasteiger partial charge is 0.178 e. The van der Waals surface area contributed by atoms with Gasteiger partial charge in [0.15, 0.2) is 9.84 Å². The number of rotatable bonds is 4. The fourth-order valence-corrected chi connectivity index (χ4v) is 2.50. The highest BCUT2D eigenvalue weighted by Crippen LogP contribution is 2.29. The normalized spacial score (nSPS) is 11.2. The quantitative estimate of drug-likeness (QED) is 0.744. The number of benzene rings is 1. The van der Waals surface area contributed by atoms with Crippen molar-refractivity contribution in [1.82, 2.24) is 4.98 Å². The third kappa shape index (κ3) is 3.00. The summed E-state index contributed by atoms with van der Waals surface area (Å²) >= 11 is 0. The van der Waals surface area contributed by atoms with E-state index in [1.165, 1.54) is 24.4 Å². The molecule has 0 bridgehead atoms. The van der Waals surface area contributed by atoms with E-state index in [1.54, 1.807) is 19.1 Å². The summed E-state index contributed by atoms with van der Waals surface area (Å²) in [5.74, 6) is 0.399. The molecule has 4 N–H and O–H groups in total. The van der Waals surface area contributed by atoms with E-state index < -0.39 is 9.84 Å². The molecule has 20 heavy (non-hydrogen) atoms. The predicted octanol–water partition coefficient (Wildman–Crippen LogP) is 1.91. The molecule has 0 saturated carbocycles. The van der Waals surface area contributed by atoms with Gasteiger partial charge in [-0.05, 0) is 30.3 Å². The number of phenols is 1. The second kappa shape index (κ2) is 5.38. The van der Waals surface area contributed by atoms with Crippen LogP contribution in [0, 0.1) is 0 Å². The Morgan fingerprint density at radius 2 is 2.05 bits per heavy atom. The second-order valence-electron chi connectivity index (χ2n) is 4.18. The number of nitrogen functional groups attached to an aromatic ring is 1. The first-order valence-electron chi connectivity index (χ1n) is 5.96. The molecular weight excluding hydrogens is 278 g/mol. The van der Waals surface area contributed by atoms with Gasteiger partial charge in [-0.3, -0.25) is 0 Å². The van der Waals surface area contributed by atoms with Crippen LogP contribution in [0.15, 0.2) is 41.4 Å². The van der Waals surface area contributed by atoms with Crippen molar-refractivity contribution in [2.75, 3.05) is 16.8 Å². The topological polar surface area (TPSA) is 105 Å². The molecule has 0 aliphatic carbocycles. The molecular formula is C13H15N3O3S. The van der Waals surface area contributed by atoms with Gasteiger partial charge in [0.2, 0.25) is 0 Å². The Kier molecular flexibility index (Phi) is 3.80. The van der Waals surface area contributed by atoms with Crippen LogP contribution in [0.1, 0.15) is 6.92 Å². The lowest BCUT2D eigenvalue weighted by atomic mass is 10.3. The van der Waals surface area contributed by atoms with Crippen LogP contribution in [-0.4, -0.2) is 24.3 Å². The Morgan fingerprint density at radius 3 is 2.65 bits per heavy atom. The Bertz CT molecular complexity index is 712. The molecule has 2 aromatic rings. The van der Waals surface area contributed by atoms with Gasteiger partial charge in [-0.25, -0.2) is 13.4 Å². The molecule has 1 aromatic heterocycles. The third-order valence-electron chi connectivity index (χ3n) is 2.76. The number of phenolic OH excluding ortho intramolecular Hbond substituents is 1. The molecule has 7 heteroatoms. The van der Waals surface area contributed by atoms with Crippen LogP contribution < -0.4 is 11.1 Å². The van der Waals surface area contributed by atoms with Gasteiger partial charge < -0.3 is 16.2 Å². The van der Waals surface area contributed by atoms with Gasteiger partial charge in [0.05, 0.1) is 28.2 Å². The lowest BCUT2D eigenvalue weighted by Crippen LogP contribution is -2.04. The molecule has 0 aliphatic heterocycles. The van der Waals surface area contributed by atoms with Crippen molar-refractivity contribution in [3.63, 3.8) is 0 Å². The minimum Gasteiger partial charge on any atom is -0.506 e. The van der Waals surface area contributed by atoms with Gasteiger partial charge in [-0.2, -0.15) is 0 Å². The Labute approximate surface area is 117 Å². The first-order valence-corrected chi connectivity index (χ1v) is 7.62. The van der Waals surface area contributed by atoms with Gasteiger partial charge in [0.25, 0.3) is 0 Å². The summed E-state index contributed by atoms with van der Waals surface area (Å²) in [4.78, 5) is 4.18. The Balaban J connectivity index is 2.36. The van der Waals surface area contributed by atoms with Gasteiger partial charge in [-0.1, -0.05) is 6.92 Å². The fourth-order valence-electron chi connectivity index (χ4n) is 1.59. The van der Waals surface area contributed by atoms with E-state index in [1.807, 2.05) is 0 Å². The maximum absolute atomic E-state index is 11.8. The lowest BCUT2D eigenvalue weighted by Gasteiger charge is -2.10. The SMILES string of the molecule is CCS(=O)(=O)c1ccc(O)c(Nc2ccc(N)cn2)c1. The predicted molar refractivity (Wildman–Crippen MR) is 77.8 cm³/mol. The molecule has 1 aromatic carbocycles.